The van der Waals surface area contributed by atoms with E-state index < -0.39 is 0 Å². The summed E-state index contributed by atoms with van der Waals surface area (Å²) < 4.78 is 21.3. The molecule has 1 aliphatic heterocycles. The molecule has 0 amide bonds. The van der Waals surface area contributed by atoms with Gasteiger partial charge in [0.15, 0.2) is 0 Å². The van der Waals surface area contributed by atoms with Crippen LogP contribution in [0.5, 0.6) is 5.75 Å². The van der Waals surface area contributed by atoms with Crippen LogP contribution >= 0.6 is 0 Å². The Balaban J connectivity index is 1.43. The lowest BCUT2D eigenvalue weighted by Gasteiger charge is -2.23. The molecule has 32 heavy (non-hydrogen) atoms. The summed E-state index contributed by atoms with van der Waals surface area (Å²) in [4.78, 5) is 4.53. The molecule has 0 unspecified atom stereocenters. The highest BCUT2D eigenvalue weighted by atomic mass is 19.1. The lowest BCUT2D eigenvalue weighted by atomic mass is 9.90. The topological polar surface area (TPSA) is 33.6 Å². The van der Waals surface area contributed by atoms with Crippen molar-refractivity contribution in [3.63, 3.8) is 0 Å². The summed E-state index contributed by atoms with van der Waals surface area (Å²) in [6.45, 7) is 2.33. The second-order valence-corrected chi connectivity index (χ2v) is 9.00. The van der Waals surface area contributed by atoms with Gasteiger partial charge in [0.05, 0.1) is 13.2 Å². The minimum absolute atomic E-state index is 0.163. The molecule has 1 aliphatic carbocycles. The van der Waals surface area contributed by atoms with E-state index in [1.54, 1.807) is 12.1 Å². The number of benzene rings is 3. The predicted octanol–water partition coefficient (Wildman–Crippen LogP) is 6.07. The first-order valence-corrected chi connectivity index (χ1v) is 12.0. The fraction of sp³-hybridized carbons (Fsp3) is 0.393. The first-order chi connectivity index (χ1) is 15.8. The monoisotopic (exact) mass is 430 g/mol. The minimum Gasteiger partial charge on any atom is -0.493 e. The first-order valence-electron chi connectivity index (χ1n) is 12.0. The maximum Gasteiger partial charge on any atom is 0.128 e. The number of nitrogens with zero attached hydrogens (tertiary/aromatic N) is 1. The minimum atomic E-state index is -0.163. The largest absolute Gasteiger partial charge is 0.493 e. The van der Waals surface area contributed by atoms with Crippen LogP contribution in [-0.4, -0.2) is 25.5 Å². The van der Waals surface area contributed by atoms with Crippen LogP contribution in [0.25, 0.3) is 10.8 Å². The van der Waals surface area contributed by atoms with Gasteiger partial charge in [-0.25, -0.2) is 4.39 Å². The van der Waals surface area contributed by atoms with E-state index in [9.17, 15) is 4.39 Å². The number of hydrogen-bond acceptors (Lipinski definition) is 3. The van der Waals surface area contributed by atoms with Crippen LogP contribution in [0.3, 0.4) is 0 Å². The molecule has 0 bridgehead atoms. The smallest absolute Gasteiger partial charge is 0.128 e. The molecule has 1 fully saturated rings. The van der Waals surface area contributed by atoms with Gasteiger partial charge in [-0.2, -0.15) is 0 Å². The normalized spacial score (nSPS) is 16.7. The Hall–Kier alpha value is -2.88. The molecule has 1 heterocycles. The van der Waals surface area contributed by atoms with Crippen molar-refractivity contribution in [2.45, 2.75) is 44.9 Å². The number of halogens is 1. The molecule has 166 valence electrons. The quantitative estimate of drug-likeness (QED) is 0.493. The van der Waals surface area contributed by atoms with Gasteiger partial charge in [0.2, 0.25) is 0 Å². The van der Waals surface area contributed by atoms with E-state index in [2.05, 4.69) is 46.7 Å². The third-order valence-electron chi connectivity index (χ3n) is 6.87. The number of rotatable bonds is 7. The van der Waals surface area contributed by atoms with Crippen molar-refractivity contribution in [3.8, 4) is 5.75 Å². The third kappa shape index (κ3) is 4.50. The van der Waals surface area contributed by atoms with Crippen LogP contribution in [0.4, 0.5) is 4.39 Å². The molecule has 1 saturated carbocycles. The Kier molecular flexibility index (Phi) is 6.38. The van der Waals surface area contributed by atoms with Crippen molar-refractivity contribution < 1.29 is 9.13 Å². The van der Waals surface area contributed by atoms with Crippen molar-refractivity contribution in [2.75, 3.05) is 19.7 Å². The van der Waals surface area contributed by atoms with Crippen LogP contribution in [0.2, 0.25) is 0 Å². The zero-order valence-electron chi connectivity index (χ0n) is 18.6. The molecule has 0 radical (unpaired) electrons. The molecule has 5 rings (SSSR count). The Bertz CT molecular complexity index is 1120. The highest BCUT2D eigenvalue weighted by Gasteiger charge is 2.19. The number of aryl methyl sites for hydroxylation is 1. The van der Waals surface area contributed by atoms with Crippen LogP contribution in [0.1, 0.15) is 48.8 Å². The summed E-state index contributed by atoms with van der Waals surface area (Å²) in [6, 6.07) is 18.0. The molecule has 3 aromatic rings. The maximum absolute atomic E-state index is 14.9. The highest BCUT2D eigenvalue weighted by molar-refractivity contribution is 6.01. The van der Waals surface area contributed by atoms with Crippen molar-refractivity contribution >= 4 is 16.6 Å². The molecule has 0 aromatic heterocycles. The fourth-order valence-electron chi connectivity index (χ4n) is 5.13. The van der Waals surface area contributed by atoms with Crippen LogP contribution in [0, 0.1) is 11.7 Å². The van der Waals surface area contributed by atoms with Crippen LogP contribution < -0.4 is 10.1 Å². The number of ether oxygens (including phenoxy) is 1. The van der Waals surface area contributed by atoms with Crippen molar-refractivity contribution in [2.24, 2.45) is 10.9 Å². The Morgan fingerprint density at radius 1 is 0.906 bits per heavy atom. The van der Waals surface area contributed by atoms with Gasteiger partial charge in [-0.1, -0.05) is 61.7 Å². The second-order valence-electron chi connectivity index (χ2n) is 9.00. The molecule has 3 aromatic carbocycles. The summed E-state index contributed by atoms with van der Waals surface area (Å²) in [6.07, 6.45) is 7.83. The van der Waals surface area contributed by atoms with Crippen LogP contribution in [-0.2, 0) is 12.8 Å². The summed E-state index contributed by atoms with van der Waals surface area (Å²) >= 11 is 0. The molecular weight excluding hydrogens is 399 g/mol. The Morgan fingerprint density at radius 2 is 1.75 bits per heavy atom. The summed E-state index contributed by atoms with van der Waals surface area (Å²) in [5.74, 6) is 2.24. The van der Waals surface area contributed by atoms with Gasteiger partial charge < -0.3 is 10.1 Å². The number of nitrogens with one attached hydrogen (secondary N) is 1. The van der Waals surface area contributed by atoms with Gasteiger partial charge in [0.25, 0.3) is 0 Å². The number of fused-ring (bicyclic) bond motifs is 1. The zero-order chi connectivity index (χ0) is 21.8. The van der Waals surface area contributed by atoms with Gasteiger partial charge in [-0.15, -0.1) is 0 Å². The van der Waals surface area contributed by atoms with Crippen molar-refractivity contribution in [1.82, 2.24) is 5.32 Å². The van der Waals surface area contributed by atoms with Gasteiger partial charge in [0.1, 0.15) is 17.4 Å². The van der Waals surface area contributed by atoms with Crippen molar-refractivity contribution in [3.05, 3.63) is 77.1 Å². The SMILES string of the molecule is Fc1cccc(C2=NCCN2)c1CCc1c(OCC2CCCCC2)ccc2ccccc12. The second kappa shape index (κ2) is 9.72. The van der Waals surface area contributed by atoms with E-state index in [4.69, 9.17) is 4.74 Å². The first kappa shape index (κ1) is 21.0. The standard InChI is InChI=1S/C28H31FN2O/c29-26-12-6-11-25(28-30-17-18-31-28)23(26)14-15-24-22-10-5-4-9-21(22)13-16-27(24)32-19-20-7-2-1-3-8-20/h4-6,9-13,16,20H,1-3,7-8,14-15,17-19H2,(H,30,31). The summed E-state index contributed by atoms with van der Waals surface area (Å²) in [7, 11) is 0. The molecule has 1 N–H and O–H groups in total. The zero-order valence-corrected chi connectivity index (χ0v) is 18.6. The van der Waals surface area contributed by atoms with Gasteiger partial charge >= 0.3 is 0 Å². The van der Waals surface area contributed by atoms with E-state index in [0.717, 1.165) is 48.8 Å². The number of amidine groups is 1. The van der Waals surface area contributed by atoms with E-state index in [1.165, 1.54) is 48.4 Å². The maximum atomic E-state index is 14.9. The molecule has 3 nitrogen and oxygen atoms in total. The van der Waals surface area contributed by atoms with Crippen LogP contribution in [0.15, 0.2) is 59.6 Å². The predicted molar refractivity (Wildman–Crippen MR) is 129 cm³/mol. The Morgan fingerprint density at radius 3 is 2.59 bits per heavy atom. The van der Waals surface area contributed by atoms with E-state index in [-0.39, 0.29) is 5.82 Å². The summed E-state index contributed by atoms with van der Waals surface area (Å²) in [5, 5.41) is 5.69. The summed E-state index contributed by atoms with van der Waals surface area (Å²) in [5.41, 5.74) is 2.79. The molecular formula is C28H31FN2O. The third-order valence-corrected chi connectivity index (χ3v) is 6.87. The van der Waals surface area contributed by atoms with E-state index in [1.807, 2.05) is 6.07 Å². The fourth-order valence-corrected chi connectivity index (χ4v) is 5.13. The molecule has 2 aliphatic rings. The van der Waals surface area contributed by atoms with Gasteiger partial charge in [-0.05, 0) is 60.1 Å². The number of aliphatic imine (C=N–C) groups is 1. The van der Waals surface area contributed by atoms with Gasteiger partial charge in [-0.3, -0.25) is 4.99 Å². The lowest BCUT2D eigenvalue weighted by molar-refractivity contribution is 0.207. The van der Waals surface area contributed by atoms with Crippen molar-refractivity contribution in [1.29, 1.82) is 0 Å². The average Bonchev–Trinajstić information content (AvgIpc) is 3.37. The lowest BCUT2D eigenvalue weighted by Crippen LogP contribution is -2.21. The van der Waals surface area contributed by atoms with Gasteiger partial charge in [0, 0.05) is 17.7 Å². The molecule has 0 saturated heterocycles. The molecule has 0 atom stereocenters. The highest BCUT2D eigenvalue weighted by Crippen LogP contribution is 2.32. The Labute approximate surface area is 189 Å². The van der Waals surface area contributed by atoms with E-state index in [0.29, 0.717) is 12.3 Å². The number of hydrogen-bond donors (Lipinski definition) is 1. The molecule has 4 heteroatoms. The van der Waals surface area contributed by atoms with E-state index >= 15 is 0 Å². The average molecular weight is 431 g/mol. The molecule has 0 spiro atoms.